The molecule has 0 saturated heterocycles. The molecule has 18 heavy (non-hydrogen) atoms. The Hall–Kier alpha value is -2.46. The van der Waals surface area contributed by atoms with Gasteiger partial charge in [-0.3, -0.25) is 0 Å². The van der Waals surface area contributed by atoms with E-state index in [-0.39, 0.29) is 5.75 Å². The van der Waals surface area contributed by atoms with Crippen LogP contribution >= 0.6 is 0 Å². The minimum atomic E-state index is -0.460. The number of methoxy groups -OCH3 is 1. The minimum Gasteiger partial charge on any atom is -0.507 e. The van der Waals surface area contributed by atoms with Crippen molar-refractivity contribution < 1.29 is 14.6 Å². The van der Waals surface area contributed by atoms with Crippen molar-refractivity contribution in [3.63, 3.8) is 0 Å². The van der Waals surface area contributed by atoms with Gasteiger partial charge in [0.1, 0.15) is 5.75 Å². The Morgan fingerprint density at radius 2 is 2.39 bits per heavy atom. The Bertz CT molecular complexity index is 505. The summed E-state index contributed by atoms with van der Waals surface area (Å²) in [5.74, 6) is -0.388. The van der Waals surface area contributed by atoms with Crippen molar-refractivity contribution in [3.8, 4) is 5.75 Å². The lowest BCUT2D eigenvalue weighted by molar-refractivity contribution is 0.0600. The molecule has 0 fully saturated rings. The van der Waals surface area contributed by atoms with E-state index in [0.717, 1.165) is 0 Å². The van der Waals surface area contributed by atoms with Crippen LogP contribution in [-0.2, 0) is 4.74 Å². The van der Waals surface area contributed by atoms with E-state index in [9.17, 15) is 9.90 Å². The highest BCUT2D eigenvalue weighted by molar-refractivity contribution is 5.90. The van der Waals surface area contributed by atoms with Gasteiger partial charge < -0.3 is 9.84 Å². The largest absolute Gasteiger partial charge is 0.507 e. The molecule has 1 N–H and O–H groups in total. The molecule has 6 nitrogen and oxygen atoms in total. The molecule has 0 unspecified atom stereocenters. The molecular weight excluding hydrogens is 234 g/mol. The van der Waals surface area contributed by atoms with Crippen LogP contribution in [0.3, 0.4) is 0 Å². The average Bonchev–Trinajstić information content (AvgIpc) is 2.39. The van der Waals surface area contributed by atoms with Crippen LogP contribution in [0.4, 0.5) is 0 Å². The zero-order chi connectivity index (χ0) is 13.4. The van der Waals surface area contributed by atoms with Crippen molar-refractivity contribution in [3.05, 3.63) is 45.8 Å². The quantitative estimate of drug-likeness (QED) is 0.285. The van der Waals surface area contributed by atoms with Crippen LogP contribution in [0.15, 0.2) is 29.4 Å². The number of aromatic hydroxyl groups is 1. The number of hydrogen-bond acceptors (Lipinski definition) is 4. The fourth-order valence-corrected chi connectivity index (χ4v) is 1.32. The third kappa shape index (κ3) is 3.84. The number of azide groups is 1. The van der Waals surface area contributed by atoms with E-state index >= 15 is 0 Å². The lowest BCUT2D eigenvalue weighted by Gasteiger charge is -2.03. The zero-order valence-electron chi connectivity index (χ0n) is 9.91. The molecule has 0 radical (unpaired) electrons. The van der Waals surface area contributed by atoms with Crippen molar-refractivity contribution in [2.24, 2.45) is 5.11 Å². The molecule has 0 spiro atoms. The Labute approximate surface area is 104 Å². The van der Waals surface area contributed by atoms with Gasteiger partial charge in [-0.1, -0.05) is 17.3 Å². The van der Waals surface area contributed by atoms with Gasteiger partial charge >= 0.3 is 5.97 Å². The maximum Gasteiger partial charge on any atom is 0.337 e. The van der Waals surface area contributed by atoms with Crippen LogP contribution in [0.5, 0.6) is 5.75 Å². The van der Waals surface area contributed by atoms with Crippen LogP contribution in [-0.4, -0.2) is 24.7 Å². The molecule has 0 aliphatic rings. The summed E-state index contributed by atoms with van der Waals surface area (Å²) in [5, 5.41) is 13.0. The van der Waals surface area contributed by atoms with E-state index in [1.807, 2.05) is 0 Å². The highest BCUT2D eigenvalue weighted by Crippen LogP contribution is 2.20. The van der Waals surface area contributed by atoms with Crippen molar-refractivity contribution in [2.45, 2.75) is 6.42 Å². The Morgan fingerprint density at radius 3 is 3.06 bits per heavy atom. The average molecular weight is 247 g/mol. The third-order valence-electron chi connectivity index (χ3n) is 2.21. The molecular formula is C12H13N3O3. The van der Waals surface area contributed by atoms with E-state index in [0.29, 0.717) is 24.1 Å². The predicted molar refractivity (Wildman–Crippen MR) is 67.1 cm³/mol. The zero-order valence-corrected chi connectivity index (χ0v) is 9.91. The topological polar surface area (TPSA) is 95.3 Å². The fraction of sp³-hybridized carbons (Fsp3) is 0.250. The van der Waals surface area contributed by atoms with Gasteiger partial charge in [-0.05, 0) is 30.2 Å². The summed E-state index contributed by atoms with van der Waals surface area (Å²) < 4.78 is 4.59. The first-order valence-corrected chi connectivity index (χ1v) is 5.27. The van der Waals surface area contributed by atoms with E-state index < -0.39 is 5.97 Å². The summed E-state index contributed by atoms with van der Waals surface area (Å²) in [7, 11) is 1.30. The lowest BCUT2D eigenvalue weighted by Crippen LogP contribution is -2.00. The summed E-state index contributed by atoms with van der Waals surface area (Å²) in [6.45, 7) is 0.352. The smallest absolute Gasteiger partial charge is 0.337 e. The lowest BCUT2D eigenvalue weighted by atomic mass is 10.1. The third-order valence-corrected chi connectivity index (χ3v) is 2.21. The predicted octanol–water partition coefficient (Wildman–Crippen LogP) is 2.89. The molecule has 0 amide bonds. The number of carbonyl (C=O) groups excluding carboxylic acids is 1. The monoisotopic (exact) mass is 247 g/mol. The molecule has 0 atom stereocenters. The summed E-state index contributed by atoms with van der Waals surface area (Å²) >= 11 is 0. The summed E-state index contributed by atoms with van der Waals surface area (Å²) in [6, 6.07) is 4.45. The Morgan fingerprint density at radius 1 is 1.61 bits per heavy atom. The summed E-state index contributed by atoms with van der Waals surface area (Å²) in [5.41, 5.74) is 8.97. The highest BCUT2D eigenvalue weighted by Gasteiger charge is 2.07. The molecule has 0 heterocycles. The van der Waals surface area contributed by atoms with Gasteiger partial charge in [0.2, 0.25) is 0 Å². The van der Waals surface area contributed by atoms with Crippen molar-refractivity contribution >= 4 is 12.0 Å². The molecule has 0 bridgehead atoms. The minimum absolute atomic E-state index is 0.0719. The molecule has 1 aromatic carbocycles. The van der Waals surface area contributed by atoms with Gasteiger partial charge in [-0.2, -0.15) is 0 Å². The van der Waals surface area contributed by atoms with Crippen molar-refractivity contribution in [1.82, 2.24) is 0 Å². The van der Waals surface area contributed by atoms with Gasteiger partial charge in [-0.15, -0.1) is 0 Å². The SMILES string of the molecule is COC(=O)c1ccc(O)c(C=CCCN=[N+]=[N-])c1. The molecule has 1 aromatic rings. The first-order chi connectivity index (χ1) is 8.69. The van der Waals surface area contributed by atoms with Crippen LogP contribution in [0, 0.1) is 0 Å². The molecule has 0 saturated carbocycles. The van der Waals surface area contributed by atoms with Crippen molar-refractivity contribution in [1.29, 1.82) is 0 Å². The number of hydrogen-bond donors (Lipinski definition) is 1. The second kappa shape index (κ2) is 6.98. The van der Waals surface area contributed by atoms with Crippen LogP contribution in [0.25, 0.3) is 16.5 Å². The number of carbonyl (C=O) groups is 1. The first-order valence-electron chi connectivity index (χ1n) is 5.27. The molecule has 6 heteroatoms. The number of esters is 1. The summed E-state index contributed by atoms with van der Waals surface area (Å²) in [6.07, 6.45) is 3.98. The van der Waals surface area contributed by atoms with Crippen LogP contribution in [0.2, 0.25) is 0 Å². The normalized spacial score (nSPS) is 10.1. The number of phenolic OH excluding ortho intramolecular Hbond substituents is 1. The highest BCUT2D eigenvalue weighted by atomic mass is 16.5. The Balaban J connectivity index is 2.80. The number of phenols is 1. The van der Waals surface area contributed by atoms with Gasteiger partial charge in [-0.25, -0.2) is 4.79 Å². The maximum absolute atomic E-state index is 11.3. The van der Waals surface area contributed by atoms with Gasteiger partial charge in [0.05, 0.1) is 12.7 Å². The standard InChI is InChI=1S/C12H13N3O3/c1-18-12(17)10-5-6-11(16)9(8-10)4-2-3-7-14-15-13/h2,4-6,8,16H,3,7H2,1H3. The molecule has 0 aliphatic carbocycles. The van der Waals surface area contributed by atoms with Crippen molar-refractivity contribution in [2.75, 3.05) is 13.7 Å². The maximum atomic E-state index is 11.3. The molecule has 0 aromatic heterocycles. The van der Waals surface area contributed by atoms with E-state index in [2.05, 4.69) is 14.8 Å². The first kappa shape index (κ1) is 13.6. The second-order valence-electron chi connectivity index (χ2n) is 3.41. The van der Waals surface area contributed by atoms with Gasteiger partial charge in [0.15, 0.2) is 0 Å². The molecule has 94 valence electrons. The molecule has 1 rings (SSSR count). The number of nitrogens with zero attached hydrogens (tertiary/aromatic N) is 3. The number of rotatable bonds is 5. The summed E-state index contributed by atoms with van der Waals surface area (Å²) in [4.78, 5) is 13.9. The number of benzene rings is 1. The van der Waals surface area contributed by atoms with Crippen LogP contribution < -0.4 is 0 Å². The fourth-order valence-electron chi connectivity index (χ4n) is 1.32. The van der Waals surface area contributed by atoms with E-state index in [1.165, 1.54) is 25.3 Å². The van der Waals surface area contributed by atoms with Crippen LogP contribution in [0.1, 0.15) is 22.3 Å². The second-order valence-corrected chi connectivity index (χ2v) is 3.41. The van der Waals surface area contributed by atoms with Gasteiger partial charge in [0.25, 0.3) is 0 Å². The number of ether oxygens (including phenoxy) is 1. The van der Waals surface area contributed by atoms with E-state index in [1.54, 1.807) is 12.2 Å². The van der Waals surface area contributed by atoms with E-state index in [4.69, 9.17) is 5.53 Å². The van der Waals surface area contributed by atoms with Gasteiger partial charge in [0, 0.05) is 17.0 Å². The molecule has 0 aliphatic heterocycles. The Kier molecular flexibility index (Phi) is 5.28.